The summed E-state index contributed by atoms with van der Waals surface area (Å²) in [6, 6.07) is 24.2. The number of nitrogens with zero attached hydrogens (tertiary/aromatic N) is 6. The van der Waals surface area contributed by atoms with Gasteiger partial charge in [0.1, 0.15) is 11.6 Å². The molecule has 0 spiro atoms. The van der Waals surface area contributed by atoms with Gasteiger partial charge in [0.05, 0.1) is 47.3 Å². The highest BCUT2D eigenvalue weighted by Crippen LogP contribution is 2.37. The van der Waals surface area contributed by atoms with Gasteiger partial charge >= 0.3 is 5.97 Å². The van der Waals surface area contributed by atoms with E-state index in [1.165, 1.54) is 19.2 Å². The van der Waals surface area contributed by atoms with Crippen LogP contribution in [-0.4, -0.2) is 73.5 Å². The number of fused-ring (bicyclic) bond motifs is 2. The van der Waals surface area contributed by atoms with Crippen molar-refractivity contribution in [1.29, 1.82) is 0 Å². The van der Waals surface area contributed by atoms with Gasteiger partial charge in [-0.25, -0.2) is 9.67 Å². The molecule has 0 radical (unpaired) electrons. The van der Waals surface area contributed by atoms with Gasteiger partial charge in [0.2, 0.25) is 0 Å². The molecule has 1 amide bonds. The Bertz CT molecular complexity index is 2230. The van der Waals surface area contributed by atoms with Gasteiger partial charge < -0.3 is 19.4 Å². The number of amides is 1. The van der Waals surface area contributed by atoms with Gasteiger partial charge in [0, 0.05) is 54.5 Å². The molecule has 6 aromatic rings. The summed E-state index contributed by atoms with van der Waals surface area (Å²) in [6.45, 7) is 2.91. The van der Waals surface area contributed by atoms with E-state index in [4.69, 9.17) is 14.5 Å². The number of esters is 1. The molecule has 2 aromatic heterocycles. The second-order valence-electron chi connectivity index (χ2n) is 12.5. The van der Waals surface area contributed by atoms with Crippen LogP contribution in [0.3, 0.4) is 0 Å². The summed E-state index contributed by atoms with van der Waals surface area (Å²) in [5, 5.41) is 22.1. The maximum Gasteiger partial charge on any atom is 0.312 e. The molecule has 1 fully saturated rings. The number of carbonyl (C=O) groups is 2. The smallest absolute Gasteiger partial charge is 0.312 e. The minimum absolute atomic E-state index is 0.0565. The summed E-state index contributed by atoms with van der Waals surface area (Å²) < 4.78 is 12.5. The number of likely N-dealkylation sites (tertiary alicyclic amines) is 1. The van der Waals surface area contributed by atoms with Crippen LogP contribution in [0.25, 0.3) is 33.2 Å². The lowest BCUT2D eigenvalue weighted by Gasteiger charge is -2.39. The summed E-state index contributed by atoms with van der Waals surface area (Å²) in [5.41, 5.74) is 3.23. The number of methoxy groups -OCH3 is 1. The Morgan fingerprint density at radius 3 is 2.56 bits per heavy atom. The van der Waals surface area contributed by atoms with Crippen LogP contribution >= 0.6 is 0 Å². The van der Waals surface area contributed by atoms with Gasteiger partial charge in [-0.3, -0.25) is 19.7 Å². The maximum atomic E-state index is 13.7. The van der Waals surface area contributed by atoms with Crippen LogP contribution < -0.4 is 4.74 Å². The van der Waals surface area contributed by atoms with E-state index in [9.17, 15) is 19.7 Å². The molecule has 0 aliphatic carbocycles. The van der Waals surface area contributed by atoms with Crippen molar-refractivity contribution in [3.63, 3.8) is 0 Å². The van der Waals surface area contributed by atoms with E-state index in [1.807, 2.05) is 30.3 Å². The molecular weight excluding hydrogens is 638 g/mol. The number of benzene rings is 4. The van der Waals surface area contributed by atoms with E-state index in [2.05, 4.69) is 39.6 Å². The molecule has 0 unspecified atom stereocenters. The van der Waals surface area contributed by atoms with Crippen molar-refractivity contribution in [2.75, 3.05) is 26.8 Å². The number of aromatic nitrogens is 5. The third kappa shape index (κ3) is 6.37. The van der Waals surface area contributed by atoms with Gasteiger partial charge in [-0.05, 0) is 60.9 Å². The Kier molecular flexibility index (Phi) is 8.71. The Morgan fingerprint density at radius 2 is 1.80 bits per heavy atom. The van der Waals surface area contributed by atoms with Crippen LogP contribution in [0.15, 0.2) is 85.1 Å². The van der Waals surface area contributed by atoms with Gasteiger partial charge in [-0.1, -0.05) is 41.6 Å². The Balaban J connectivity index is 1.05. The number of nitro benzene ring substituents is 1. The lowest BCUT2D eigenvalue weighted by molar-refractivity contribution is -0.384. The third-order valence-electron chi connectivity index (χ3n) is 9.38. The predicted octanol–water partition coefficient (Wildman–Crippen LogP) is 5.97. The number of carbonyl (C=O) groups excluding carboxylic acids is 2. The zero-order valence-electron chi connectivity index (χ0n) is 27.7. The van der Waals surface area contributed by atoms with Gasteiger partial charge in [-0.2, -0.15) is 0 Å². The highest BCUT2D eigenvalue weighted by molar-refractivity contribution is 5.98. The lowest BCUT2D eigenvalue weighted by Crippen LogP contribution is -2.48. The van der Waals surface area contributed by atoms with Gasteiger partial charge in [-0.15, -0.1) is 5.10 Å². The van der Waals surface area contributed by atoms with Crippen molar-refractivity contribution >= 4 is 39.4 Å². The fourth-order valence-electron chi connectivity index (χ4n) is 6.69. The van der Waals surface area contributed by atoms with E-state index in [0.717, 1.165) is 33.2 Å². The van der Waals surface area contributed by atoms with E-state index in [-0.39, 0.29) is 37.1 Å². The van der Waals surface area contributed by atoms with Crippen LogP contribution in [0.2, 0.25) is 0 Å². The molecule has 0 saturated carbocycles. The molecule has 1 N–H and O–H groups in total. The molecule has 50 heavy (non-hydrogen) atoms. The molecule has 1 aliphatic rings. The van der Waals surface area contributed by atoms with Crippen LogP contribution in [0.1, 0.15) is 41.4 Å². The average molecular weight is 674 g/mol. The monoisotopic (exact) mass is 673 g/mol. The average Bonchev–Trinajstić information content (AvgIpc) is 3.77. The Morgan fingerprint density at radius 1 is 1.00 bits per heavy atom. The largest absolute Gasteiger partial charge is 0.496 e. The molecule has 1 aliphatic heterocycles. The van der Waals surface area contributed by atoms with E-state index >= 15 is 0 Å². The van der Waals surface area contributed by atoms with E-state index in [0.29, 0.717) is 48.5 Å². The normalized spacial score (nSPS) is 14.2. The van der Waals surface area contributed by atoms with Crippen LogP contribution in [0, 0.1) is 15.5 Å². The summed E-state index contributed by atoms with van der Waals surface area (Å²) in [4.78, 5) is 47.9. The standard InChI is InChI=1S/C37H35N7O6/c1-3-50-36(46)37(21-29-23-43(41-40-29)22-28-19-30(44(47)48)11-13-33(28)49-2)14-16-42(17-15-37)35(45)27-10-12-31-32(20-27)39-34(38-31)26-9-8-24-6-4-5-7-25(24)18-26/h4-13,18-20,23H,3,14-17,21-22H2,1-2H3,(H,38,39). The topological polar surface area (TPSA) is 158 Å². The molecule has 0 bridgehead atoms. The third-order valence-corrected chi connectivity index (χ3v) is 9.38. The van der Waals surface area contributed by atoms with Crippen LogP contribution in [0.4, 0.5) is 5.69 Å². The molecule has 7 rings (SSSR count). The number of non-ortho nitro benzene ring substituents is 1. The van der Waals surface area contributed by atoms with Crippen LogP contribution in [-0.2, 0) is 22.5 Å². The van der Waals surface area contributed by atoms with Crippen molar-refractivity contribution in [2.24, 2.45) is 5.41 Å². The molecule has 13 nitrogen and oxygen atoms in total. The maximum absolute atomic E-state index is 13.7. The molecule has 1 saturated heterocycles. The first-order valence-electron chi connectivity index (χ1n) is 16.4. The highest BCUT2D eigenvalue weighted by Gasteiger charge is 2.44. The number of ether oxygens (including phenoxy) is 2. The second-order valence-corrected chi connectivity index (χ2v) is 12.5. The number of aromatic amines is 1. The zero-order chi connectivity index (χ0) is 34.8. The summed E-state index contributed by atoms with van der Waals surface area (Å²) in [7, 11) is 1.50. The number of H-pyrrole nitrogens is 1. The molecule has 13 heteroatoms. The SMILES string of the molecule is CCOC(=O)C1(Cc2cn(Cc3cc([N+](=O)[O-])ccc3OC)nn2)CCN(C(=O)c2ccc3nc(-c4ccc5ccccc5c4)[nH]c3c2)CC1. The number of imidazole rings is 1. The van der Waals surface area contributed by atoms with E-state index in [1.54, 1.807) is 34.8 Å². The molecule has 254 valence electrons. The zero-order valence-corrected chi connectivity index (χ0v) is 27.7. The van der Waals surface area contributed by atoms with Gasteiger partial charge in [0.15, 0.2) is 0 Å². The summed E-state index contributed by atoms with van der Waals surface area (Å²) in [5.74, 6) is 0.767. The van der Waals surface area contributed by atoms with Crippen LogP contribution in [0.5, 0.6) is 5.75 Å². The second kappa shape index (κ2) is 13.4. The first-order valence-corrected chi connectivity index (χ1v) is 16.4. The van der Waals surface area contributed by atoms with E-state index < -0.39 is 10.3 Å². The number of hydrogen-bond acceptors (Lipinski definition) is 9. The predicted molar refractivity (Wildman–Crippen MR) is 186 cm³/mol. The fourth-order valence-corrected chi connectivity index (χ4v) is 6.69. The van der Waals surface area contributed by atoms with Crippen molar-refractivity contribution in [1.82, 2.24) is 29.9 Å². The number of rotatable bonds is 10. The molecule has 3 heterocycles. The number of nitrogens with one attached hydrogen (secondary N) is 1. The number of piperidine rings is 1. The number of hydrogen-bond donors (Lipinski definition) is 1. The van der Waals surface area contributed by atoms with Gasteiger partial charge in [0.25, 0.3) is 11.6 Å². The molecule has 4 aromatic carbocycles. The summed E-state index contributed by atoms with van der Waals surface area (Å²) in [6.07, 6.45) is 2.78. The minimum Gasteiger partial charge on any atom is -0.496 e. The lowest BCUT2D eigenvalue weighted by atomic mass is 9.74. The Labute approximate surface area is 287 Å². The fraction of sp³-hybridized carbons (Fsp3) is 0.270. The minimum atomic E-state index is -0.890. The first-order chi connectivity index (χ1) is 24.2. The van der Waals surface area contributed by atoms with Crippen molar-refractivity contribution in [2.45, 2.75) is 32.7 Å². The number of nitro groups is 1. The first kappa shape index (κ1) is 32.4. The molecular formula is C37H35N7O6. The summed E-state index contributed by atoms with van der Waals surface area (Å²) >= 11 is 0. The van der Waals surface area contributed by atoms with Crippen molar-refractivity contribution in [3.05, 3.63) is 112 Å². The highest BCUT2D eigenvalue weighted by atomic mass is 16.6. The van der Waals surface area contributed by atoms with Crippen molar-refractivity contribution < 1.29 is 24.0 Å². The quantitative estimate of drug-likeness (QED) is 0.105. The Hall–Kier alpha value is -6.11. The molecule has 0 atom stereocenters. The van der Waals surface area contributed by atoms with Crippen molar-refractivity contribution in [3.8, 4) is 17.1 Å².